The SMILES string of the molecule is CCCNc1nc(CC)nc(N(CC)CCO)c1C. The van der Waals surface area contributed by atoms with E-state index in [1.807, 2.05) is 6.92 Å². The zero-order chi connectivity index (χ0) is 14.3. The van der Waals surface area contributed by atoms with Gasteiger partial charge in [0, 0.05) is 31.6 Å². The Balaban J connectivity index is 3.13. The normalized spacial score (nSPS) is 10.6. The first-order valence-electron chi connectivity index (χ1n) is 7.15. The van der Waals surface area contributed by atoms with Gasteiger partial charge >= 0.3 is 0 Å². The van der Waals surface area contributed by atoms with Crippen LogP contribution in [-0.2, 0) is 6.42 Å². The predicted molar refractivity (Wildman–Crippen MR) is 79.9 cm³/mol. The molecule has 0 aliphatic heterocycles. The van der Waals surface area contributed by atoms with Crippen LogP contribution in [0.25, 0.3) is 0 Å². The summed E-state index contributed by atoms with van der Waals surface area (Å²) < 4.78 is 0. The molecule has 1 aromatic rings. The standard InChI is InChI=1S/C14H26N4O/c1-5-8-15-13-11(4)14(17-12(6-2)16-13)18(7-3)9-10-19/h19H,5-10H2,1-4H3,(H,15,16,17). The minimum atomic E-state index is 0.135. The molecule has 19 heavy (non-hydrogen) atoms. The topological polar surface area (TPSA) is 61.3 Å². The molecule has 0 radical (unpaired) electrons. The van der Waals surface area contributed by atoms with E-state index >= 15 is 0 Å². The quantitative estimate of drug-likeness (QED) is 0.753. The lowest BCUT2D eigenvalue weighted by Crippen LogP contribution is -2.28. The van der Waals surface area contributed by atoms with Crippen LogP contribution in [0, 0.1) is 6.92 Å². The largest absolute Gasteiger partial charge is 0.395 e. The van der Waals surface area contributed by atoms with Crippen molar-refractivity contribution in [2.75, 3.05) is 36.5 Å². The van der Waals surface area contributed by atoms with Gasteiger partial charge in [0.05, 0.1) is 6.61 Å². The molecule has 0 unspecified atom stereocenters. The number of rotatable bonds is 8. The predicted octanol–water partition coefficient (Wildman–Crippen LogP) is 1.99. The van der Waals surface area contributed by atoms with Crippen LogP contribution in [0.1, 0.15) is 38.6 Å². The molecule has 0 saturated heterocycles. The maximum absolute atomic E-state index is 9.16. The van der Waals surface area contributed by atoms with Crippen molar-refractivity contribution >= 4 is 11.6 Å². The molecule has 0 saturated carbocycles. The molecule has 0 aromatic carbocycles. The summed E-state index contributed by atoms with van der Waals surface area (Å²) in [6, 6.07) is 0. The van der Waals surface area contributed by atoms with Gasteiger partial charge in [-0.15, -0.1) is 0 Å². The van der Waals surface area contributed by atoms with Gasteiger partial charge in [-0.05, 0) is 20.3 Å². The van der Waals surface area contributed by atoms with E-state index in [4.69, 9.17) is 5.11 Å². The molecule has 0 aliphatic rings. The van der Waals surface area contributed by atoms with Gasteiger partial charge in [0.1, 0.15) is 17.5 Å². The van der Waals surface area contributed by atoms with Gasteiger partial charge in [0.15, 0.2) is 0 Å². The van der Waals surface area contributed by atoms with E-state index in [0.29, 0.717) is 6.54 Å². The maximum Gasteiger partial charge on any atom is 0.137 e. The molecule has 108 valence electrons. The highest BCUT2D eigenvalue weighted by Crippen LogP contribution is 2.23. The van der Waals surface area contributed by atoms with E-state index in [0.717, 1.165) is 49.0 Å². The minimum absolute atomic E-state index is 0.135. The third-order valence-corrected chi connectivity index (χ3v) is 3.08. The highest BCUT2D eigenvalue weighted by molar-refractivity contribution is 5.58. The Bertz CT molecular complexity index is 395. The fraction of sp³-hybridized carbons (Fsp3) is 0.714. The smallest absolute Gasteiger partial charge is 0.137 e. The summed E-state index contributed by atoms with van der Waals surface area (Å²) in [6.07, 6.45) is 1.87. The van der Waals surface area contributed by atoms with Gasteiger partial charge < -0.3 is 15.3 Å². The monoisotopic (exact) mass is 266 g/mol. The van der Waals surface area contributed by atoms with E-state index in [9.17, 15) is 0 Å². The minimum Gasteiger partial charge on any atom is -0.395 e. The van der Waals surface area contributed by atoms with E-state index in [1.54, 1.807) is 0 Å². The zero-order valence-corrected chi connectivity index (χ0v) is 12.5. The van der Waals surface area contributed by atoms with Crippen molar-refractivity contribution in [2.24, 2.45) is 0 Å². The third kappa shape index (κ3) is 4.06. The first-order valence-corrected chi connectivity index (χ1v) is 7.15. The Hall–Kier alpha value is -1.36. The summed E-state index contributed by atoms with van der Waals surface area (Å²) in [5.74, 6) is 2.69. The molecule has 1 rings (SSSR count). The van der Waals surface area contributed by atoms with Crippen LogP contribution >= 0.6 is 0 Å². The summed E-state index contributed by atoms with van der Waals surface area (Å²) in [6.45, 7) is 10.8. The van der Waals surface area contributed by atoms with Gasteiger partial charge in [-0.25, -0.2) is 9.97 Å². The fourth-order valence-electron chi connectivity index (χ4n) is 1.97. The van der Waals surface area contributed by atoms with E-state index in [2.05, 4.69) is 41.0 Å². The molecule has 0 aliphatic carbocycles. The molecule has 0 fully saturated rings. The number of hydrogen-bond donors (Lipinski definition) is 2. The number of aromatic nitrogens is 2. The van der Waals surface area contributed by atoms with E-state index < -0.39 is 0 Å². The molecule has 1 heterocycles. The fourth-order valence-corrected chi connectivity index (χ4v) is 1.97. The Morgan fingerprint density at radius 2 is 1.95 bits per heavy atom. The van der Waals surface area contributed by atoms with Gasteiger partial charge in [0.2, 0.25) is 0 Å². The highest BCUT2D eigenvalue weighted by Gasteiger charge is 2.14. The number of likely N-dealkylation sites (N-methyl/N-ethyl adjacent to an activating group) is 1. The van der Waals surface area contributed by atoms with Crippen LogP contribution in [0.15, 0.2) is 0 Å². The average Bonchev–Trinajstić information content (AvgIpc) is 2.44. The number of aliphatic hydroxyl groups is 1. The van der Waals surface area contributed by atoms with Crippen LogP contribution in [0.5, 0.6) is 0 Å². The summed E-state index contributed by atoms with van der Waals surface area (Å²) in [4.78, 5) is 11.3. The summed E-state index contributed by atoms with van der Waals surface area (Å²) in [5.41, 5.74) is 1.06. The zero-order valence-electron chi connectivity index (χ0n) is 12.5. The maximum atomic E-state index is 9.16. The van der Waals surface area contributed by atoms with Crippen LogP contribution in [-0.4, -0.2) is 41.3 Å². The molecule has 1 aromatic heterocycles. The lowest BCUT2D eigenvalue weighted by Gasteiger charge is -2.24. The molecule has 2 N–H and O–H groups in total. The van der Waals surface area contributed by atoms with Crippen molar-refractivity contribution in [3.63, 3.8) is 0 Å². The molecular formula is C14H26N4O. The van der Waals surface area contributed by atoms with Crippen molar-refractivity contribution < 1.29 is 5.11 Å². The molecule has 0 spiro atoms. The van der Waals surface area contributed by atoms with Gasteiger partial charge in [0.25, 0.3) is 0 Å². The third-order valence-electron chi connectivity index (χ3n) is 3.08. The molecule has 0 bridgehead atoms. The number of aliphatic hydroxyl groups excluding tert-OH is 1. The number of hydrogen-bond acceptors (Lipinski definition) is 5. The van der Waals surface area contributed by atoms with Gasteiger partial charge in [-0.2, -0.15) is 0 Å². The van der Waals surface area contributed by atoms with E-state index in [1.165, 1.54) is 0 Å². The molecule has 0 amide bonds. The van der Waals surface area contributed by atoms with Gasteiger partial charge in [-0.1, -0.05) is 13.8 Å². The average molecular weight is 266 g/mol. The second-order valence-electron chi connectivity index (χ2n) is 4.52. The van der Waals surface area contributed by atoms with Crippen molar-refractivity contribution in [1.82, 2.24) is 9.97 Å². The molecule has 5 nitrogen and oxygen atoms in total. The van der Waals surface area contributed by atoms with E-state index in [-0.39, 0.29) is 6.61 Å². The Kier molecular flexibility index (Phi) is 6.56. The number of aryl methyl sites for hydroxylation is 1. The van der Waals surface area contributed by atoms with Crippen molar-refractivity contribution in [1.29, 1.82) is 0 Å². The first kappa shape index (κ1) is 15.7. The summed E-state index contributed by atoms with van der Waals surface area (Å²) in [5, 5.41) is 12.5. The molecular weight excluding hydrogens is 240 g/mol. The summed E-state index contributed by atoms with van der Waals surface area (Å²) in [7, 11) is 0. The Morgan fingerprint density at radius 3 is 2.47 bits per heavy atom. The Morgan fingerprint density at radius 1 is 1.21 bits per heavy atom. The Labute approximate surface area is 116 Å². The van der Waals surface area contributed by atoms with Crippen molar-refractivity contribution in [3.05, 3.63) is 11.4 Å². The molecule has 0 atom stereocenters. The lowest BCUT2D eigenvalue weighted by molar-refractivity contribution is 0.302. The highest BCUT2D eigenvalue weighted by atomic mass is 16.3. The lowest BCUT2D eigenvalue weighted by atomic mass is 10.2. The number of anilines is 2. The van der Waals surface area contributed by atoms with Crippen LogP contribution in [0.3, 0.4) is 0 Å². The van der Waals surface area contributed by atoms with Crippen LogP contribution < -0.4 is 10.2 Å². The number of nitrogens with one attached hydrogen (secondary N) is 1. The van der Waals surface area contributed by atoms with Gasteiger partial charge in [-0.3, -0.25) is 0 Å². The van der Waals surface area contributed by atoms with Crippen molar-refractivity contribution in [3.8, 4) is 0 Å². The molecule has 5 heteroatoms. The first-order chi connectivity index (χ1) is 9.17. The van der Waals surface area contributed by atoms with Crippen LogP contribution in [0.4, 0.5) is 11.6 Å². The number of nitrogens with zero attached hydrogens (tertiary/aromatic N) is 3. The summed E-state index contributed by atoms with van der Waals surface area (Å²) >= 11 is 0. The second kappa shape index (κ2) is 7.94. The van der Waals surface area contributed by atoms with Crippen LogP contribution in [0.2, 0.25) is 0 Å². The second-order valence-corrected chi connectivity index (χ2v) is 4.52. The van der Waals surface area contributed by atoms with Crippen molar-refractivity contribution in [2.45, 2.75) is 40.5 Å².